The predicted octanol–water partition coefficient (Wildman–Crippen LogP) is 2.32. The second-order valence-corrected chi connectivity index (χ2v) is 5.17. The van der Waals surface area contributed by atoms with Crippen LogP contribution in [-0.2, 0) is 4.79 Å². The van der Waals surface area contributed by atoms with Crippen molar-refractivity contribution in [1.82, 2.24) is 0 Å². The lowest BCUT2D eigenvalue weighted by Crippen LogP contribution is -2.14. The first kappa shape index (κ1) is 13.6. The molecule has 1 aromatic carbocycles. The van der Waals surface area contributed by atoms with Gasteiger partial charge in [-0.05, 0) is 43.0 Å². The number of hydrogen-bond donors (Lipinski definition) is 2. The molecule has 19 heavy (non-hydrogen) atoms. The molecule has 0 heterocycles. The van der Waals surface area contributed by atoms with Crippen LogP contribution in [0.25, 0.3) is 0 Å². The Morgan fingerprint density at radius 3 is 2.84 bits per heavy atom. The fraction of sp³-hybridized carbons (Fsp3) is 0.438. The van der Waals surface area contributed by atoms with Gasteiger partial charge in [0.25, 0.3) is 0 Å². The molecule has 1 saturated carbocycles. The maximum atomic E-state index is 11.9. The topological polar surface area (TPSA) is 49.3 Å². The number of rotatable bonds is 3. The number of aryl methyl sites for hydroxylation is 1. The molecule has 3 nitrogen and oxygen atoms in total. The summed E-state index contributed by atoms with van der Waals surface area (Å²) in [5.74, 6) is 6.66. The van der Waals surface area contributed by atoms with E-state index in [-0.39, 0.29) is 18.4 Å². The van der Waals surface area contributed by atoms with Gasteiger partial charge in [0.05, 0.1) is 6.61 Å². The fourth-order valence-corrected chi connectivity index (χ4v) is 2.07. The number of hydrogen-bond acceptors (Lipinski definition) is 2. The Balaban J connectivity index is 2.08. The van der Waals surface area contributed by atoms with Gasteiger partial charge in [-0.2, -0.15) is 0 Å². The lowest BCUT2D eigenvalue weighted by molar-refractivity contribution is -0.117. The highest BCUT2D eigenvalue weighted by Crippen LogP contribution is 2.38. The molecule has 1 aliphatic carbocycles. The van der Waals surface area contributed by atoms with Crippen molar-refractivity contribution < 1.29 is 9.90 Å². The van der Waals surface area contributed by atoms with Gasteiger partial charge >= 0.3 is 0 Å². The zero-order valence-corrected chi connectivity index (χ0v) is 11.4. The third kappa shape index (κ3) is 3.84. The molecular formula is C16H19NO2. The first-order valence-electron chi connectivity index (χ1n) is 6.62. The highest BCUT2D eigenvalue weighted by molar-refractivity contribution is 5.94. The van der Waals surface area contributed by atoms with Crippen LogP contribution >= 0.6 is 0 Å². The lowest BCUT2D eigenvalue weighted by atomic mass is 10.1. The molecule has 1 aliphatic rings. The predicted molar refractivity (Wildman–Crippen MR) is 75.7 cm³/mol. The molecule has 0 bridgehead atoms. The van der Waals surface area contributed by atoms with Gasteiger partial charge in [0.1, 0.15) is 0 Å². The first-order valence-corrected chi connectivity index (χ1v) is 6.62. The monoisotopic (exact) mass is 257 g/mol. The van der Waals surface area contributed by atoms with E-state index < -0.39 is 0 Å². The van der Waals surface area contributed by atoms with Gasteiger partial charge in [-0.25, -0.2) is 0 Å². The van der Waals surface area contributed by atoms with Crippen molar-refractivity contribution >= 4 is 11.6 Å². The third-order valence-electron chi connectivity index (χ3n) is 3.26. The smallest absolute Gasteiger partial charge is 0.227 e. The van der Waals surface area contributed by atoms with Gasteiger partial charge in [0, 0.05) is 23.6 Å². The Bertz CT molecular complexity index is 539. The van der Waals surface area contributed by atoms with E-state index in [1.54, 1.807) is 0 Å². The highest BCUT2D eigenvalue weighted by atomic mass is 16.2. The van der Waals surface area contributed by atoms with Crippen molar-refractivity contribution in [2.75, 3.05) is 11.9 Å². The van der Waals surface area contributed by atoms with E-state index in [0.717, 1.165) is 23.2 Å². The van der Waals surface area contributed by atoms with Crippen LogP contribution in [0.5, 0.6) is 0 Å². The van der Waals surface area contributed by atoms with E-state index in [9.17, 15) is 4.79 Å². The van der Waals surface area contributed by atoms with Crippen LogP contribution in [0.2, 0.25) is 0 Å². The Morgan fingerprint density at radius 1 is 1.47 bits per heavy atom. The molecule has 1 aromatic rings. The van der Waals surface area contributed by atoms with Gasteiger partial charge in [0.2, 0.25) is 5.91 Å². The van der Waals surface area contributed by atoms with E-state index in [0.29, 0.717) is 12.3 Å². The van der Waals surface area contributed by atoms with Crippen LogP contribution in [0.15, 0.2) is 18.2 Å². The molecule has 0 aromatic heterocycles. The number of benzene rings is 1. The van der Waals surface area contributed by atoms with Crippen LogP contribution in [0.3, 0.4) is 0 Å². The zero-order chi connectivity index (χ0) is 13.8. The quantitative estimate of drug-likeness (QED) is 0.816. The van der Waals surface area contributed by atoms with Crippen molar-refractivity contribution in [1.29, 1.82) is 0 Å². The van der Waals surface area contributed by atoms with E-state index >= 15 is 0 Å². The maximum Gasteiger partial charge on any atom is 0.227 e. The molecule has 0 spiro atoms. The van der Waals surface area contributed by atoms with Gasteiger partial charge in [-0.3, -0.25) is 4.79 Å². The van der Waals surface area contributed by atoms with Crippen LogP contribution < -0.4 is 5.32 Å². The van der Waals surface area contributed by atoms with Crippen molar-refractivity contribution in [3.63, 3.8) is 0 Å². The highest BCUT2D eigenvalue weighted by Gasteiger charge is 2.39. The first-order chi connectivity index (χ1) is 9.10. The molecule has 100 valence electrons. The Kier molecular flexibility index (Phi) is 4.24. The van der Waals surface area contributed by atoms with E-state index in [1.807, 2.05) is 25.1 Å². The van der Waals surface area contributed by atoms with Crippen molar-refractivity contribution in [3.8, 4) is 11.8 Å². The van der Waals surface area contributed by atoms with Crippen molar-refractivity contribution in [3.05, 3.63) is 29.3 Å². The normalized spacial score (nSPS) is 20.4. The largest absolute Gasteiger partial charge is 0.395 e. The molecule has 0 saturated heterocycles. The number of aliphatic hydroxyl groups excluding tert-OH is 1. The van der Waals surface area contributed by atoms with Crippen molar-refractivity contribution in [2.45, 2.75) is 26.7 Å². The summed E-state index contributed by atoms with van der Waals surface area (Å²) in [5, 5.41) is 11.7. The molecule has 2 atom stereocenters. The van der Waals surface area contributed by atoms with Crippen LogP contribution in [-0.4, -0.2) is 17.6 Å². The summed E-state index contributed by atoms with van der Waals surface area (Å²) in [5.41, 5.74) is 2.74. The number of carbonyl (C=O) groups is 1. The van der Waals surface area contributed by atoms with E-state index in [2.05, 4.69) is 24.1 Å². The molecule has 2 unspecified atom stereocenters. The van der Waals surface area contributed by atoms with Gasteiger partial charge < -0.3 is 10.4 Å². The van der Waals surface area contributed by atoms with Gasteiger partial charge in [-0.15, -0.1) is 0 Å². The second kappa shape index (κ2) is 5.90. The van der Waals surface area contributed by atoms with E-state index in [1.165, 1.54) is 0 Å². The van der Waals surface area contributed by atoms with Crippen LogP contribution in [0.4, 0.5) is 5.69 Å². The van der Waals surface area contributed by atoms with E-state index in [4.69, 9.17) is 5.11 Å². The summed E-state index contributed by atoms with van der Waals surface area (Å²) in [6.45, 7) is 4.14. The maximum absolute atomic E-state index is 11.9. The summed E-state index contributed by atoms with van der Waals surface area (Å²) >= 11 is 0. The minimum Gasteiger partial charge on any atom is -0.395 e. The molecule has 2 rings (SSSR count). The number of anilines is 1. The molecule has 0 aliphatic heterocycles. The minimum atomic E-state index is 0.0714. The van der Waals surface area contributed by atoms with Gasteiger partial charge in [-0.1, -0.05) is 18.8 Å². The Morgan fingerprint density at radius 2 is 2.21 bits per heavy atom. The summed E-state index contributed by atoms with van der Waals surface area (Å²) in [7, 11) is 0. The Hall–Kier alpha value is -1.79. The van der Waals surface area contributed by atoms with Crippen LogP contribution in [0, 0.1) is 30.6 Å². The minimum absolute atomic E-state index is 0.0714. The molecule has 2 N–H and O–H groups in total. The molecular weight excluding hydrogens is 238 g/mol. The van der Waals surface area contributed by atoms with Crippen molar-refractivity contribution in [2.24, 2.45) is 11.8 Å². The summed E-state index contributed by atoms with van der Waals surface area (Å²) in [6, 6.07) is 5.80. The number of carbonyl (C=O) groups excluding carboxylic acids is 1. The molecule has 0 radical (unpaired) electrons. The van der Waals surface area contributed by atoms with Crippen LogP contribution in [0.1, 0.15) is 30.9 Å². The Labute approximate surface area is 114 Å². The molecule has 3 heteroatoms. The number of aliphatic hydroxyl groups is 1. The number of nitrogens with one attached hydrogen (secondary N) is 1. The summed E-state index contributed by atoms with van der Waals surface area (Å²) in [6.07, 6.45) is 1.45. The standard InChI is InChI=1S/C16H19NO2/c1-11-7-13(5-3-4-6-18)10-14(8-11)17-16(19)15-9-12(15)2/h7-8,10,12,15,18H,4,6,9H2,1-2H3,(H,17,19). The van der Waals surface area contributed by atoms with Gasteiger partial charge in [0.15, 0.2) is 0 Å². The SMILES string of the molecule is Cc1cc(C#CCCO)cc(NC(=O)C2CC2C)c1. The zero-order valence-electron chi connectivity index (χ0n) is 11.4. The molecule has 1 fully saturated rings. The second-order valence-electron chi connectivity index (χ2n) is 5.17. The summed E-state index contributed by atoms with van der Waals surface area (Å²) in [4.78, 5) is 11.9. The average Bonchev–Trinajstić information content (AvgIpc) is 3.06. The lowest BCUT2D eigenvalue weighted by Gasteiger charge is -2.06. The average molecular weight is 257 g/mol. The summed E-state index contributed by atoms with van der Waals surface area (Å²) < 4.78 is 0. The molecule has 1 amide bonds. The number of amides is 1. The third-order valence-corrected chi connectivity index (χ3v) is 3.26. The fourth-order valence-electron chi connectivity index (χ4n) is 2.07.